The van der Waals surface area contributed by atoms with E-state index in [-0.39, 0.29) is 44.6 Å². The van der Waals surface area contributed by atoms with Crippen molar-refractivity contribution in [2.45, 2.75) is 235 Å². The minimum Gasteiger partial charge on any atom is -0.340 e. The Balaban J connectivity index is -0.000000126. The van der Waals surface area contributed by atoms with Crippen LogP contribution in [0.15, 0.2) is 291 Å². The summed E-state index contributed by atoms with van der Waals surface area (Å²) in [5.41, 5.74) is 0. The minimum absolute atomic E-state index is 0. The lowest BCUT2D eigenvalue weighted by Gasteiger charge is -2.08. The molecule has 0 aliphatic heterocycles. The lowest BCUT2D eigenvalue weighted by Crippen LogP contribution is -3.08. The fourth-order valence-corrected chi connectivity index (χ4v) is 10.8. The second kappa shape index (κ2) is 118. The van der Waals surface area contributed by atoms with Crippen LogP contribution in [0, 0.1) is 0 Å². The molecule has 0 saturated carbocycles. The van der Waals surface area contributed by atoms with Crippen molar-refractivity contribution in [2.75, 3.05) is 243 Å². The number of fused-ring (bicyclic) bond motifs is 6. The molecule has 12 nitrogen and oxygen atoms in total. The highest BCUT2D eigenvalue weighted by atomic mass is 15.1. The van der Waals surface area contributed by atoms with Crippen molar-refractivity contribution in [3.05, 3.63) is 291 Å². The van der Waals surface area contributed by atoms with Gasteiger partial charge >= 0.3 is 0 Å². The molecule has 0 saturated heterocycles. The fraction of sp³-hybridized carbons (Fsp3) is 0.538. The first-order valence-corrected chi connectivity index (χ1v) is 53.8. The SMILES string of the molecule is C.C.C.C.C.C.CCCC[NH+](C)CC.CCCC[NH+](C)CC.CCC[NH+](C)CC.CCC[NH+](C)CC.CC[NH+](C)C.CC[NH+](C)C.CC[NH+](C)CC.CC[NH+](C)CC.CC[NH+](C)CC.CC[NH+](C)CC.CC[NH+](C)CC.CC[NH+](C)CC.c1ccc2ccccc2c1.c1ccc2ccccc2c1.c1ccc2ccccc2c1.c1ccc2ccccc2c1.c1ccc2ccccc2c1.c1ccc2ccccc2c1. The molecule has 0 heterocycles. The van der Waals surface area contributed by atoms with Gasteiger partial charge < -0.3 is 58.8 Å². The van der Waals surface area contributed by atoms with Gasteiger partial charge in [0.25, 0.3) is 0 Å². The lowest BCUT2D eigenvalue weighted by atomic mass is 10.1. The topological polar surface area (TPSA) is 53.3 Å². The van der Waals surface area contributed by atoms with E-state index in [1.54, 1.807) is 49.0 Å². The van der Waals surface area contributed by atoms with Crippen LogP contribution >= 0.6 is 0 Å². The zero-order valence-corrected chi connectivity index (χ0v) is 95.5. The van der Waals surface area contributed by atoms with E-state index >= 15 is 0 Å². The minimum atomic E-state index is 0. The van der Waals surface area contributed by atoms with Gasteiger partial charge in [0.05, 0.1) is 243 Å². The van der Waals surface area contributed by atoms with Gasteiger partial charge in [0.15, 0.2) is 0 Å². The van der Waals surface area contributed by atoms with Gasteiger partial charge in [0.1, 0.15) is 0 Å². The lowest BCUT2D eigenvalue weighted by molar-refractivity contribution is -0.877. The maximum absolute atomic E-state index is 2.25. The molecule has 0 bridgehead atoms. The van der Waals surface area contributed by atoms with Gasteiger partial charge in [0, 0.05) is 0 Å². The van der Waals surface area contributed by atoms with Crippen LogP contribution in [0.3, 0.4) is 0 Å². The van der Waals surface area contributed by atoms with E-state index in [1.165, 1.54) is 257 Å². The number of quaternary nitrogens is 12. The molecule has 0 radical (unpaired) electrons. The molecule has 0 aromatic heterocycles. The van der Waals surface area contributed by atoms with Crippen LogP contribution in [0.25, 0.3) is 64.6 Å². The molecule has 0 fully saturated rings. The first kappa shape index (κ1) is 159. The van der Waals surface area contributed by atoms with Crippen molar-refractivity contribution in [1.29, 1.82) is 0 Å². The summed E-state index contributed by atoms with van der Waals surface area (Å²) in [4.78, 5) is 19.1. The van der Waals surface area contributed by atoms with Crippen molar-refractivity contribution < 1.29 is 58.8 Å². The molecule has 0 aliphatic rings. The van der Waals surface area contributed by atoms with Crippen molar-refractivity contribution in [2.24, 2.45) is 0 Å². The number of benzene rings is 12. The molecule has 4 unspecified atom stereocenters. The zero-order chi connectivity index (χ0) is 104. The van der Waals surface area contributed by atoms with Gasteiger partial charge in [-0.1, -0.05) is 376 Å². The summed E-state index contributed by atoms with van der Waals surface area (Å²) in [7, 11) is 30.7. The van der Waals surface area contributed by atoms with Gasteiger partial charge in [-0.05, 0) is 215 Å². The number of hydrogen-bond acceptors (Lipinski definition) is 0. The average Bonchev–Trinajstić information content (AvgIpc) is 0.901. The molecular formula is C130H248N12+12. The first-order valence-electron chi connectivity index (χ1n) is 53.8. The van der Waals surface area contributed by atoms with Crippen molar-refractivity contribution in [3.8, 4) is 0 Å². The van der Waals surface area contributed by atoms with Crippen LogP contribution in [-0.2, 0) is 0 Å². The third-order valence-electron chi connectivity index (χ3n) is 24.3. The molecule has 0 spiro atoms. The van der Waals surface area contributed by atoms with Crippen LogP contribution < -0.4 is 58.8 Å². The van der Waals surface area contributed by atoms with E-state index in [9.17, 15) is 0 Å². The van der Waals surface area contributed by atoms with Crippen LogP contribution in [0.1, 0.15) is 235 Å². The highest BCUT2D eigenvalue weighted by molar-refractivity contribution is 5.85. The smallest absolute Gasteiger partial charge is 0.0768 e. The second-order valence-corrected chi connectivity index (χ2v) is 36.1. The standard InChI is InChI=1S/6C10H8.2C7H17N.2C6H15N.6C5H13N.2C4H11N.6CH4/c6*1-2-6-10-8-4-3-7-9(10)5-1;2*1-4-6-7-8(3)5-2;2*1-4-6-7(3)5-2;6*1-4-6(3)5-2;2*1-4-5(2)3;;;;;;/h6*1-8H;2*4-7H2,1-3H3;2*4-6H2,1-3H3;6*4-5H2,1-3H3;2*4H2,1-3H3;6*1H4/p+12. The molecule has 4 atom stereocenters. The monoisotopic (exact) mass is 1980 g/mol. The average molecular weight is 1980 g/mol. The van der Waals surface area contributed by atoms with Gasteiger partial charge in [-0.25, -0.2) is 0 Å². The van der Waals surface area contributed by atoms with Crippen LogP contribution in [0.2, 0.25) is 0 Å². The molecule has 0 amide bonds. The third kappa shape index (κ3) is 100. The van der Waals surface area contributed by atoms with E-state index in [4.69, 9.17) is 0 Å². The Kier molecular flexibility index (Phi) is 132. The summed E-state index contributed by atoms with van der Waals surface area (Å²) in [6.07, 6.45) is 8.02. The van der Waals surface area contributed by atoms with E-state index in [1.807, 2.05) is 0 Å². The van der Waals surface area contributed by atoms with E-state index in [2.05, 4.69) is 542 Å². The normalized spacial score (nSPS) is 10.4. The zero-order valence-electron chi connectivity index (χ0n) is 95.5. The predicted octanol–water partition coefficient (Wildman–Crippen LogP) is 16.9. The Morgan fingerprint density at radius 2 is 0.204 bits per heavy atom. The summed E-state index contributed by atoms with van der Waals surface area (Å²) in [6.45, 7) is 76.2. The first-order chi connectivity index (χ1) is 65.4. The molecule has 12 heteroatoms. The Labute approximate surface area is 887 Å². The highest BCUT2D eigenvalue weighted by Gasteiger charge is 1.98. The molecule has 816 valence electrons. The summed E-state index contributed by atoms with van der Waals surface area (Å²) in [5, 5.41) is 15.7. The van der Waals surface area contributed by atoms with Gasteiger partial charge in [-0.3, -0.25) is 0 Å². The Hall–Kier alpha value is -8.28. The Bertz CT molecular complexity index is 3300. The van der Waals surface area contributed by atoms with Gasteiger partial charge in [-0.2, -0.15) is 0 Å². The Morgan fingerprint density at radius 3 is 0.254 bits per heavy atom. The summed E-state index contributed by atoms with van der Waals surface area (Å²) < 4.78 is 0. The van der Waals surface area contributed by atoms with Gasteiger partial charge in [0.2, 0.25) is 0 Å². The molecule has 12 aromatic rings. The summed E-state index contributed by atoms with van der Waals surface area (Å²) in [6, 6.07) is 100. The van der Waals surface area contributed by atoms with Crippen molar-refractivity contribution in [1.82, 2.24) is 0 Å². The highest BCUT2D eigenvalue weighted by Crippen LogP contribution is 2.16. The number of unbranched alkanes of at least 4 members (excludes halogenated alkanes) is 2. The van der Waals surface area contributed by atoms with E-state index in [0.717, 1.165) is 0 Å². The number of rotatable bonds is 28. The Morgan fingerprint density at radius 1 is 0.120 bits per heavy atom. The third-order valence-corrected chi connectivity index (χ3v) is 24.3. The molecule has 12 N–H and O–H groups in total. The maximum atomic E-state index is 2.25. The maximum Gasteiger partial charge on any atom is 0.0768 e. The fourth-order valence-electron chi connectivity index (χ4n) is 10.8. The summed E-state index contributed by atoms with van der Waals surface area (Å²) in [5.74, 6) is 0. The van der Waals surface area contributed by atoms with E-state index < -0.39 is 0 Å². The molecular weight excluding hydrogens is 1730 g/mol. The van der Waals surface area contributed by atoms with E-state index in [0.29, 0.717) is 0 Å². The number of hydrogen-bond donors (Lipinski definition) is 12. The second-order valence-electron chi connectivity index (χ2n) is 36.1. The molecule has 142 heavy (non-hydrogen) atoms. The molecule has 12 aromatic carbocycles. The molecule has 12 rings (SSSR count). The summed E-state index contributed by atoms with van der Waals surface area (Å²) >= 11 is 0. The van der Waals surface area contributed by atoms with Crippen molar-refractivity contribution in [3.63, 3.8) is 0 Å². The molecule has 0 aliphatic carbocycles. The predicted molar refractivity (Wildman–Crippen MR) is 658 cm³/mol. The quantitative estimate of drug-likeness (QED) is 0.0231. The largest absolute Gasteiger partial charge is 0.340 e. The van der Waals surface area contributed by atoms with Crippen molar-refractivity contribution >= 4 is 64.6 Å². The van der Waals surface area contributed by atoms with Crippen LogP contribution in [0.5, 0.6) is 0 Å². The van der Waals surface area contributed by atoms with Gasteiger partial charge in [-0.15, -0.1) is 0 Å². The van der Waals surface area contributed by atoms with Crippen LogP contribution in [-0.4, -0.2) is 243 Å². The van der Waals surface area contributed by atoms with Crippen LogP contribution in [0.4, 0.5) is 0 Å². The number of nitrogens with one attached hydrogen (secondary N) is 12.